The number of rotatable bonds is 9. The summed E-state index contributed by atoms with van der Waals surface area (Å²) < 4.78 is 9.83. The van der Waals surface area contributed by atoms with Gasteiger partial charge in [-0.25, -0.2) is 14.8 Å². The van der Waals surface area contributed by atoms with Gasteiger partial charge >= 0.3 is 5.69 Å². The second-order valence-corrected chi connectivity index (χ2v) is 13.2. The lowest BCUT2D eigenvalue weighted by Crippen LogP contribution is -2.47. The molecule has 1 N–H and O–H groups in total. The van der Waals surface area contributed by atoms with E-state index in [2.05, 4.69) is 45.1 Å². The minimum atomic E-state index is -0.439. The zero-order valence-electron chi connectivity index (χ0n) is 27.3. The van der Waals surface area contributed by atoms with Crippen molar-refractivity contribution in [3.8, 4) is 22.8 Å². The van der Waals surface area contributed by atoms with Gasteiger partial charge < -0.3 is 15.0 Å². The van der Waals surface area contributed by atoms with Crippen molar-refractivity contribution in [2.75, 3.05) is 6.61 Å². The van der Waals surface area contributed by atoms with Gasteiger partial charge in [-0.3, -0.25) is 18.7 Å². The van der Waals surface area contributed by atoms with Crippen LogP contribution in [0.3, 0.4) is 0 Å². The number of hydrogen-bond acceptors (Lipinski definition) is 6. The standard InChI is InChI=1S/C37H37BrN6O4/c1-23(2)22-48-29-13-11-28(12-14-29)44-33(35(45)41-19-27-8-5-6-9-30(27)34-39-16-7-17-40-34)32-21-42(25(4)20-43(32)37(44)47)36(46)26-10-15-31(38)24(3)18-26/h5-18,23,25H,19-22H2,1-4H3,(H,41,45). The van der Waals surface area contributed by atoms with Gasteiger partial charge in [0.05, 0.1) is 24.5 Å². The third kappa shape index (κ3) is 6.68. The molecule has 1 unspecified atom stereocenters. The van der Waals surface area contributed by atoms with Crippen molar-refractivity contribution >= 4 is 27.7 Å². The zero-order valence-corrected chi connectivity index (χ0v) is 28.9. The lowest BCUT2D eigenvalue weighted by molar-refractivity contribution is 0.0610. The first-order valence-corrected chi connectivity index (χ1v) is 16.7. The number of aryl methyl sites for hydroxylation is 1. The highest BCUT2D eigenvalue weighted by atomic mass is 79.9. The number of nitrogens with one attached hydrogen (secondary N) is 1. The number of halogens is 1. The minimum absolute atomic E-state index is 0.0874. The number of benzene rings is 3. The number of imidazole rings is 1. The van der Waals surface area contributed by atoms with Gasteiger partial charge in [0, 0.05) is 47.1 Å². The van der Waals surface area contributed by atoms with Crippen molar-refractivity contribution < 1.29 is 14.3 Å². The molecule has 0 aliphatic carbocycles. The molecule has 6 rings (SSSR count). The maximum Gasteiger partial charge on any atom is 0.333 e. The van der Waals surface area contributed by atoms with Gasteiger partial charge in [-0.05, 0) is 79.4 Å². The van der Waals surface area contributed by atoms with E-state index in [1.807, 2.05) is 50.2 Å². The van der Waals surface area contributed by atoms with Gasteiger partial charge in [-0.15, -0.1) is 0 Å². The van der Waals surface area contributed by atoms with E-state index in [1.54, 1.807) is 58.3 Å². The highest BCUT2D eigenvalue weighted by Crippen LogP contribution is 2.27. The number of carbonyl (C=O) groups excluding carboxylic acids is 2. The molecule has 48 heavy (non-hydrogen) atoms. The van der Waals surface area contributed by atoms with Gasteiger partial charge in [0.2, 0.25) is 0 Å². The third-order valence-corrected chi connectivity index (χ3v) is 9.26. The Morgan fingerprint density at radius 3 is 2.46 bits per heavy atom. The summed E-state index contributed by atoms with van der Waals surface area (Å²) in [5.74, 6) is 0.968. The van der Waals surface area contributed by atoms with Crippen LogP contribution in [0.4, 0.5) is 0 Å². The molecule has 1 aliphatic heterocycles. The molecule has 11 heteroatoms. The lowest BCUT2D eigenvalue weighted by atomic mass is 10.1. The van der Waals surface area contributed by atoms with Gasteiger partial charge in [0.15, 0.2) is 5.82 Å². The quantitative estimate of drug-likeness (QED) is 0.196. The zero-order chi connectivity index (χ0) is 33.9. The normalized spacial score (nSPS) is 14.1. The Balaban J connectivity index is 1.38. The summed E-state index contributed by atoms with van der Waals surface area (Å²) in [7, 11) is 0. The van der Waals surface area contributed by atoms with Crippen molar-refractivity contribution in [3.63, 3.8) is 0 Å². The Hall–Kier alpha value is -5.03. The highest BCUT2D eigenvalue weighted by molar-refractivity contribution is 9.10. The van der Waals surface area contributed by atoms with Gasteiger partial charge in [-0.2, -0.15) is 0 Å². The number of aromatic nitrogens is 4. The Morgan fingerprint density at radius 1 is 1.02 bits per heavy atom. The van der Waals surface area contributed by atoms with E-state index in [4.69, 9.17) is 4.74 Å². The number of ether oxygens (including phenoxy) is 1. The fourth-order valence-corrected chi connectivity index (χ4v) is 6.10. The molecule has 2 amide bonds. The molecule has 1 aliphatic rings. The predicted octanol–water partition coefficient (Wildman–Crippen LogP) is 6.18. The molecule has 0 spiro atoms. The number of carbonyl (C=O) groups is 2. The van der Waals surface area contributed by atoms with Crippen LogP contribution in [0.15, 0.2) is 94.5 Å². The van der Waals surface area contributed by atoms with Gasteiger partial charge in [0.25, 0.3) is 11.8 Å². The average molecular weight is 710 g/mol. The fourth-order valence-electron chi connectivity index (χ4n) is 5.85. The molecule has 0 bridgehead atoms. The number of nitrogens with zero attached hydrogens (tertiary/aromatic N) is 5. The topological polar surface area (TPSA) is 111 Å². The largest absolute Gasteiger partial charge is 0.493 e. The summed E-state index contributed by atoms with van der Waals surface area (Å²) in [6.07, 6.45) is 3.35. The van der Waals surface area contributed by atoms with Crippen LogP contribution in [-0.2, 0) is 19.6 Å². The number of hydrogen-bond donors (Lipinski definition) is 1. The molecule has 5 aromatic rings. The summed E-state index contributed by atoms with van der Waals surface area (Å²) in [5, 5.41) is 3.04. The van der Waals surface area contributed by atoms with Crippen molar-refractivity contribution in [1.82, 2.24) is 29.3 Å². The molecule has 0 saturated heterocycles. The van der Waals surface area contributed by atoms with Crippen LogP contribution in [0.1, 0.15) is 58.4 Å². The summed E-state index contributed by atoms with van der Waals surface area (Å²) in [6, 6.07) is 21.7. The van der Waals surface area contributed by atoms with Crippen LogP contribution < -0.4 is 15.7 Å². The van der Waals surface area contributed by atoms with E-state index in [0.29, 0.717) is 41.0 Å². The molecule has 0 fully saturated rings. The summed E-state index contributed by atoms with van der Waals surface area (Å²) in [5.41, 5.74) is 3.93. The maximum atomic E-state index is 14.3. The summed E-state index contributed by atoms with van der Waals surface area (Å²) in [4.78, 5) is 52.7. The van der Waals surface area contributed by atoms with Crippen molar-refractivity contribution in [2.24, 2.45) is 5.92 Å². The highest BCUT2D eigenvalue weighted by Gasteiger charge is 2.35. The molecule has 3 aromatic carbocycles. The van der Waals surface area contributed by atoms with Gasteiger partial charge in [0.1, 0.15) is 11.4 Å². The van der Waals surface area contributed by atoms with Crippen LogP contribution >= 0.6 is 15.9 Å². The molecule has 2 aromatic heterocycles. The van der Waals surface area contributed by atoms with Gasteiger partial charge in [-0.1, -0.05) is 54.0 Å². The summed E-state index contributed by atoms with van der Waals surface area (Å²) >= 11 is 3.51. The Morgan fingerprint density at radius 2 is 1.75 bits per heavy atom. The SMILES string of the molecule is Cc1cc(C(=O)N2Cc3c(C(=O)NCc4ccccc4-c4ncccn4)n(-c4ccc(OCC(C)C)cc4)c(=O)n3CC2C)ccc1Br. The van der Waals surface area contributed by atoms with E-state index >= 15 is 0 Å². The molecular weight excluding hydrogens is 672 g/mol. The molecule has 246 valence electrons. The van der Waals surface area contributed by atoms with E-state index in [0.717, 1.165) is 21.2 Å². The Kier molecular flexibility index (Phi) is 9.58. The van der Waals surface area contributed by atoms with E-state index in [1.165, 1.54) is 4.57 Å². The first kappa shape index (κ1) is 32.9. The van der Waals surface area contributed by atoms with E-state index in [-0.39, 0.29) is 43.0 Å². The van der Waals surface area contributed by atoms with Crippen LogP contribution in [0, 0.1) is 12.8 Å². The second-order valence-electron chi connectivity index (χ2n) is 12.4. The fraction of sp³-hybridized carbons (Fsp3) is 0.270. The molecular formula is C37H37BrN6O4. The summed E-state index contributed by atoms with van der Waals surface area (Å²) in [6.45, 7) is 9.05. The number of fused-ring (bicyclic) bond motifs is 1. The first-order valence-electron chi connectivity index (χ1n) is 15.9. The Bertz CT molecular complexity index is 2020. The van der Waals surface area contributed by atoms with Crippen LogP contribution in [0.2, 0.25) is 0 Å². The third-order valence-electron chi connectivity index (χ3n) is 8.37. The second kappa shape index (κ2) is 14.0. The van der Waals surface area contributed by atoms with Crippen molar-refractivity contribution in [3.05, 3.63) is 128 Å². The van der Waals surface area contributed by atoms with E-state index in [9.17, 15) is 14.4 Å². The monoisotopic (exact) mass is 708 g/mol. The smallest absolute Gasteiger partial charge is 0.333 e. The maximum absolute atomic E-state index is 14.3. The molecule has 10 nitrogen and oxygen atoms in total. The lowest BCUT2D eigenvalue weighted by Gasteiger charge is -2.34. The Labute approximate surface area is 287 Å². The number of amides is 2. The first-order chi connectivity index (χ1) is 23.1. The molecule has 0 saturated carbocycles. The van der Waals surface area contributed by atoms with Crippen molar-refractivity contribution in [1.29, 1.82) is 0 Å². The van der Waals surface area contributed by atoms with Crippen LogP contribution in [0.25, 0.3) is 17.1 Å². The van der Waals surface area contributed by atoms with E-state index < -0.39 is 5.91 Å². The molecule has 0 radical (unpaired) electrons. The van der Waals surface area contributed by atoms with Crippen LogP contribution in [-0.4, -0.2) is 48.5 Å². The molecule has 3 heterocycles. The van der Waals surface area contributed by atoms with Crippen LogP contribution in [0.5, 0.6) is 5.75 Å². The predicted molar refractivity (Wildman–Crippen MR) is 187 cm³/mol. The molecule has 1 atom stereocenters. The van der Waals surface area contributed by atoms with Crippen molar-refractivity contribution in [2.45, 2.75) is 53.4 Å². The average Bonchev–Trinajstić information content (AvgIpc) is 3.38. The minimum Gasteiger partial charge on any atom is -0.493 e.